The van der Waals surface area contributed by atoms with Crippen LogP contribution in [-0.2, 0) is 12.8 Å². The van der Waals surface area contributed by atoms with Crippen LogP contribution in [-0.4, -0.2) is 13.1 Å². The standard InChI is InChI=1S/C54H42N2/c1-3-15-37(16-4-1)43-31-32-46(45-24-10-9-23-44(43)45)54-48-30-28-41(55-33-13-21-38-17-7-11-25-51(38)55)35-49(48)53(40-19-5-2-6-20-40)47-29-27-42(36-50(47)54)56-34-14-22-39-18-8-12-26-52(39)56/h1-12,15-20,23-32,35-36H,13-14,21-22,33-34H2. The highest BCUT2D eigenvalue weighted by atomic mass is 15.1. The highest BCUT2D eigenvalue weighted by molar-refractivity contribution is 6.25. The summed E-state index contributed by atoms with van der Waals surface area (Å²) < 4.78 is 0. The molecule has 9 aromatic rings. The molecular weight excluding hydrogens is 677 g/mol. The van der Waals surface area contributed by atoms with Crippen molar-refractivity contribution in [2.24, 2.45) is 0 Å². The number of hydrogen-bond donors (Lipinski definition) is 0. The molecule has 268 valence electrons. The summed E-state index contributed by atoms with van der Waals surface area (Å²) in [4.78, 5) is 5.08. The van der Waals surface area contributed by atoms with Crippen molar-refractivity contribution in [3.63, 3.8) is 0 Å². The Bertz CT molecular complexity index is 2930. The Kier molecular flexibility index (Phi) is 7.95. The molecule has 0 unspecified atom stereocenters. The van der Waals surface area contributed by atoms with E-state index >= 15 is 0 Å². The summed E-state index contributed by atoms with van der Waals surface area (Å²) in [5.74, 6) is 0. The summed E-state index contributed by atoms with van der Waals surface area (Å²) in [6, 6.07) is 68.1. The van der Waals surface area contributed by atoms with Crippen molar-refractivity contribution in [2.75, 3.05) is 22.9 Å². The molecular formula is C54H42N2. The Hall–Kier alpha value is -6.64. The van der Waals surface area contributed by atoms with Crippen molar-refractivity contribution in [3.05, 3.63) is 193 Å². The molecule has 0 amide bonds. The van der Waals surface area contributed by atoms with Crippen LogP contribution in [0.15, 0.2) is 182 Å². The van der Waals surface area contributed by atoms with Gasteiger partial charge in [0.25, 0.3) is 0 Å². The Morgan fingerprint density at radius 2 is 0.786 bits per heavy atom. The van der Waals surface area contributed by atoms with E-state index in [1.807, 2.05) is 0 Å². The van der Waals surface area contributed by atoms with Crippen molar-refractivity contribution in [1.29, 1.82) is 0 Å². The fraction of sp³-hybridized carbons (Fsp3) is 0.111. The number of anilines is 4. The number of para-hydroxylation sites is 2. The van der Waals surface area contributed by atoms with Gasteiger partial charge in [-0.3, -0.25) is 0 Å². The first-order chi connectivity index (χ1) is 27.8. The Labute approximate surface area is 328 Å². The maximum Gasteiger partial charge on any atom is 0.0443 e. The van der Waals surface area contributed by atoms with Crippen LogP contribution in [0.3, 0.4) is 0 Å². The summed E-state index contributed by atoms with van der Waals surface area (Å²) in [7, 11) is 0. The van der Waals surface area contributed by atoms with Crippen molar-refractivity contribution >= 4 is 55.1 Å². The van der Waals surface area contributed by atoms with Gasteiger partial charge in [-0.25, -0.2) is 0 Å². The highest BCUT2D eigenvalue weighted by Crippen LogP contribution is 2.49. The van der Waals surface area contributed by atoms with Crippen LogP contribution in [0.25, 0.3) is 65.7 Å². The van der Waals surface area contributed by atoms with Crippen LogP contribution in [0, 0.1) is 0 Å². The third-order valence-corrected chi connectivity index (χ3v) is 12.3. The molecule has 0 saturated carbocycles. The van der Waals surface area contributed by atoms with Gasteiger partial charge < -0.3 is 9.80 Å². The first-order valence-corrected chi connectivity index (χ1v) is 20.2. The van der Waals surface area contributed by atoms with Crippen LogP contribution >= 0.6 is 0 Å². The first kappa shape index (κ1) is 32.8. The third kappa shape index (κ3) is 5.39. The second-order valence-electron chi connectivity index (χ2n) is 15.4. The minimum atomic E-state index is 1.01. The predicted octanol–water partition coefficient (Wildman–Crippen LogP) is 14.3. The Morgan fingerprint density at radius 1 is 0.321 bits per heavy atom. The lowest BCUT2D eigenvalue weighted by Crippen LogP contribution is -2.24. The Balaban J connectivity index is 1.24. The number of nitrogens with zero attached hydrogens (tertiary/aromatic N) is 2. The summed E-state index contributed by atoms with van der Waals surface area (Å²) in [6.45, 7) is 2.02. The third-order valence-electron chi connectivity index (χ3n) is 12.3. The van der Waals surface area contributed by atoms with Gasteiger partial charge in [0.15, 0.2) is 0 Å². The molecule has 2 aliphatic rings. The van der Waals surface area contributed by atoms with Gasteiger partial charge >= 0.3 is 0 Å². The second kappa shape index (κ2) is 13.6. The number of fused-ring (bicyclic) bond motifs is 5. The molecule has 2 aliphatic heterocycles. The second-order valence-corrected chi connectivity index (χ2v) is 15.4. The molecule has 9 aromatic carbocycles. The largest absolute Gasteiger partial charge is 0.341 e. The van der Waals surface area contributed by atoms with E-state index in [1.165, 1.54) is 99.6 Å². The zero-order valence-electron chi connectivity index (χ0n) is 31.5. The molecule has 0 fully saturated rings. The SMILES string of the molecule is c1ccc(-c2ccc(-c3c4ccc(N5CCCc6ccccc65)cc4c(-c4ccccc4)c4ccc(N5CCCc6ccccc65)cc34)c3ccccc23)cc1. The van der Waals surface area contributed by atoms with Crippen LogP contribution in [0.2, 0.25) is 0 Å². The van der Waals surface area contributed by atoms with Crippen molar-refractivity contribution in [1.82, 2.24) is 0 Å². The number of hydrogen-bond acceptors (Lipinski definition) is 2. The molecule has 2 nitrogen and oxygen atoms in total. The smallest absolute Gasteiger partial charge is 0.0443 e. The average Bonchev–Trinajstić information content (AvgIpc) is 3.28. The molecule has 2 heterocycles. The minimum absolute atomic E-state index is 1.01. The van der Waals surface area contributed by atoms with E-state index in [-0.39, 0.29) is 0 Å². The minimum Gasteiger partial charge on any atom is -0.341 e. The van der Waals surface area contributed by atoms with Crippen LogP contribution < -0.4 is 9.80 Å². The maximum atomic E-state index is 2.54. The molecule has 0 N–H and O–H groups in total. The lowest BCUT2D eigenvalue weighted by molar-refractivity contribution is 0.767. The molecule has 0 aliphatic carbocycles. The maximum absolute atomic E-state index is 2.54. The Morgan fingerprint density at radius 3 is 1.39 bits per heavy atom. The van der Waals surface area contributed by atoms with Crippen LogP contribution in [0.1, 0.15) is 24.0 Å². The van der Waals surface area contributed by atoms with E-state index in [4.69, 9.17) is 0 Å². The van der Waals surface area contributed by atoms with Gasteiger partial charge in [-0.05, 0) is 139 Å². The summed E-state index contributed by atoms with van der Waals surface area (Å²) >= 11 is 0. The average molecular weight is 719 g/mol. The van der Waals surface area contributed by atoms with E-state index < -0.39 is 0 Å². The van der Waals surface area contributed by atoms with Gasteiger partial charge in [0, 0.05) is 35.8 Å². The van der Waals surface area contributed by atoms with Crippen molar-refractivity contribution in [3.8, 4) is 33.4 Å². The number of rotatable bonds is 5. The molecule has 0 atom stereocenters. The van der Waals surface area contributed by atoms with E-state index in [0.29, 0.717) is 0 Å². The molecule has 0 bridgehead atoms. The lowest BCUT2D eigenvalue weighted by Gasteiger charge is -2.32. The van der Waals surface area contributed by atoms with E-state index in [9.17, 15) is 0 Å². The molecule has 0 radical (unpaired) electrons. The van der Waals surface area contributed by atoms with Crippen LogP contribution in [0.5, 0.6) is 0 Å². The predicted molar refractivity (Wildman–Crippen MR) is 239 cm³/mol. The molecule has 0 saturated heterocycles. The van der Waals surface area contributed by atoms with Gasteiger partial charge in [0.05, 0.1) is 0 Å². The zero-order chi connectivity index (χ0) is 37.0. The summed E-state index contributed by atoms with van der Waals surface area (Å²) in [5.41, 5.74) is 15.6. The monoisotopic (exact) mass is 718 g/mol. The highest BCUT2D eigenvalue weighted by Gasteiger charge is 2.25. The lowest BCUT2D eigenvalue weighted by atomic mass is 9.83. The van der Waals surface area contributed by atoms with Crippen molar-refractivity contribution in [2.45, 2.75) is 25.7 Å². The van der Waals surface area contributed by atoms with E-state index in [1.54, 1.807) is 0 Å². The molecule has 0 aromatic heterocycles. The van der Waals surface area contributed by atoms with Gasteiger partial charge in [0.1, 0.15) is 0 Å². The quantitative estimate of drug-likeness (QED) is 0.164. The van der Waals surface area contributed by atoms with Gasteiger partial charge in [-0.2, -0.15) is 0 Å². The molecule has 56 heavy (non-hydrogen) atoms. The zero-order valence-corrected chi connectivity index (χ0v) is 31.5. The fourth-order valence-corrected chi connectivity index (χ4v) is 9.74. The topological polar surface area (TPSA) is 6.48 Å². The fourth-order valence-electron chi connectivity index (χ4n) is 9.74. The molecule has 11 rings (SSSR count). The van der Waals surface area contributed by atoms with E-state index in [0.717, 1.165) is 38.8 Å². The number of benzene rings is 9. The first-order valence-electron chi connectivity index (χ1n) is 20.2. The van der Waals surface area contributed by atoms with Gasteiger partial charge in [-0.1, -0.05) is 146 Å². The van der Waals surface area contributed by atoms with E-state index in [2.05, 4.69) is 192 Å². The molecule has 0 spiro atoms. The number of aryl methyl sites for hydroxylation is 2. The summed E-state index contributed by atoms with van der Waals surface area (Å²) in [6.07, 6.45) is 4.53. The van der Waals surface area contributed by atoms with Gasteiger partial charge in [-0.15, -0.1) is 0 Å². The van der Waals surface area contributed by atoms with Gasteiger partial charge in [0.2, 0.25) is 0 Å². The summed E-state index contributed by atoms with van der Waals surface area (Å²) in [5, 5.41) is 7.66. The normalized spacial score (nSPS) is 13.9. The van der Waals surface area contributed by atoms with Crippen LogP contribution in [0.4, 0.5) is 22.7 Å². The van der Waals surface area contributed by atoms with Crippen molar-refractivity contribution < 1.29 is 0 Å². The molecule has 2 heteroatoms.